The summed E-state index contributed by atoms with van der Waals surface area (Å²) in [4.78, 5) is 10.4. The normalized spacial score (nSPS) is 10.1. The highest BCUT2D eigenvalue weighted by Gasteiger charge is 2.06. The van der Waals surface area contributed by atoms with Gasteiger partial charge in [0, 0.05) is 6.42 Å². The molecule has 0 aliphatic heterocycles. The summed E-state index contributed by atoms with van der Waals surface area (Å²) >= 11 is 0. The van der Waals surface area contributed by atoms with Crippen molar-refractivity contribution < 1.29 is 19.7 Å². The van der Waals surface area contributed by atoms with E-state index in [4.69, 9.17) is 9.84 Å². The fourth-order valence-electron chi connectivity index (χ4n) is 1.31. The summed E-state index contributed by atoms with van der Waals surface area (Å²) in [6.07, 6.45) is 1.22. The summed E-state index contributed by atoms with van der Waals surface area (Å²) in [6, 6.07) is 4.89. The monoisotopic (exact) mass is 224 g/mol. The third kappa shape index (κ3) is 3.81. The van der Waals surface area contributed by atoms with Crippen LogP contribution in [0.5, 0.6) is 11.5 Å². The fraction of sp³-hybridized carbons (Fsp3) is 0.417. The average molecular weight is 224 g/mol. The molecule has 88 valence electrons. The van der Waals surface area contributed by atoms with Gasteiger partial charge in [-0.1, -0.05) is 6.92 Å². The Morgan fingerprint density at radius 3 is 2.81 bits per heavy atom. The lowest BCUT2D eigenvalue weighted by Gasteiger charge is -2.08. The largest absolute Gasteiger partial charge is 0.508 e. The van der Waals surface area contributed by atoms with Gasteiger partial charge in [0.1, 0.15) is 11.5 Å². The Hall–Kier alpha value is -1.71. The molecule has 0 bridgehead atoms. The third-order valence-electron chi connectivity index (χ3n) is 2.13. The van der Waals surface area contributed by atoms with Crippen LogP contribution in [-0.2, 0) is 11.2 Å². The molecule has 0 unspecified atom stereocenters. The molecule has 16 heavy (non-hydrogen) atoms. The zero-order valence-corrected chi connectivity index (χ0v) is 9.27. The number of hydrogen-bond donors (Lipinski definition) is 2. The van der Waals surface area contributed by atoms with Crippen LogP contribution in [-0.4, -0.2) is 22.8 Å². The number of carboxylic acid groups (broad SMARTS) is 1. The molecular formula is C12H16O4. The summed E-state index contributed by atoms with van der Waals surface area (Å²) in [6.45, 7) is 2.62. The summed E-state index contributed by atoms with van der Waals surface area (Å²) in [5, 5.41) is 18.1. The zero-order chi connectivity index (χ0) is 12.0. The van der Waals surface area contributed by atoms with Crippen molar-refractivity contribution >= 4 is 5.97 Å². The van der Waals surface area contributed by atoms with E-state index >= 15 is 0 Å². The standard InChI is InChI=1S/C12H16O4/c1-2-7-16-10-4-5-11(13)9(8-10)3-6-12(14)15/h4-5,8,13H,2-3,6-7H2,1H3,(H,14,15). The first-order chi connectivity index (χ1) is 7.63. The van der Waals surface area contributed by atoms with Crippen molar-refractivity contribution in [3.63, 3.8) is 0 Å². The van der Waals surface area contributed by atoms with E-state index < -0.39 is 5.97 Å². The van der Waals surface area contributed by atoms with Gasteiger partial charge in [0.25, 0.3) is 0 Å². The Morgan fingerprint density at radius 1 is 1.44 bits per heavy atom. The Labute approximate surface area is 94.5 Å². The van der Waals surface area contributed by atoms with E-state index in [1.165, 1.54) is 6.07 Å². The molecule has 0 aromatic heterocycles. The van der Waals surface area contributed by atoms with Crippen molar-refractivity contribution in [2.45, 2.75) is 26.2 Å². The number of aryl methyl sites for hydroxylation is 1. The second-order valence-electron chi connectivity index (χ2n) is 3.53. The maximum absolute atomic E-state index is 10.4. The Kier molecular flexibility index (Phi) is 4.64. The van der Waals surface area contributed by atoms with E-state index in [-0.39, 0.29) is 12.2 Å². The van der Waals surface area contributed by atoms with Gasteiger partial charge in [0.15, 0.2) is 0 Å². The van der Waals surface area contributed by atoms with Gasteiger partial charge in [-0.15, -0.1) is 0 Å². The number of aromatic hydroxyl groups is 1. The smallest absolute Gasteiger partial charge is 0.303 e. The van der Waals surface area contributed by atoms with Crippen molar-refractivity contribution in [1.29, 1.82) is 0 Å². The first-order valence-electron chi connectivity index (χ1n) is 5.30. The second-order valence-corrected chi connectivity index (χ2v) is 3.53. The van der Waals surface area contributed by atoms with Crippen LogP contribution in [0.3, 0.4) is 0 Å². The van der Waals surface area contributed by atoms with Gasteiger partial charge in [0.2, 0.25) is 0 Å². The molecule has 0 heterocycles. The minimum atomic E-state index is -0.876. The molecule has 0 saturated carbocycles. The van der Waals surface area contributed by atoms with Gasteiger partial charge in [0.05, 0.1) is 6.61 Å². The predicted molar refractivity (Wildman–Crippen MR) is 59.8 cm³/mol. The fourth-order valence-corrected chi connectivity index (χ4v) is 1.31. The molecule has 1 rings (SSSR count). The number of ether oxygens (including phenoxy) is 1. The van der Waals surface area contributed by atoms with Gasteiger partial charge in [-0.3, -0.25) is 4.79 Å². The number of hydrogen-bond acceptors (Lipinski definition) is 3. The molecule has 0 aliphatic carbocycles. The number of carboxylic acids is 1. The SMILES string of the molecule is CCCOc1ccc(O)c(CCC(=O)O)c1. The van der Waals surface area contributed by atoms with Gasteiger partial charge >= 0.3 is 5.97 Å². The molecule has 0 saturated heterocycles. The minimum Gasteiger partial charge on any atom is -0.508 e. The minimum absolute atomic E-state index is 0.00475. The molecule has 4 nitrogen and oxygen atoms in total. The highest BCUT2D eigenvalue weighted by molar-refractivity contribution is 5.67. The molecule has 1 aromatic rings. The van der Waals surface area contributed by atoms with Crippen LogP contribution in [0.15, 0.2) is 18.2 Å². The van der Waals surface area contributed by atoms with Crippen LogP contribution in [0.2, 0.25) is 0 Å². The van der Waals surface area contributed by atoms with Gasteiger partial charge in [-0.25, -0.2) is 0 Å². The quantitative estimate of drug-likeness (QED) is 0.777. The number of rotatable bonds is 6. The van der Waals surface area contributed by atoms with E-state index in [1.54, 1.807) is 12.1 Å². The summed E-state index contributed by atoms with van der Waals surface area (Å²) in [5.41, 5.74) is 0.607. The van der Waals surface area contributed by atoms with Crippen molar-refractivity contribution in [3.05, 3.63) is 23.8 Å². The lowest BCUT2D eigenvalue weighted by molar-refractivity contribution is -0.136. The van der Waals surface area contributed by atoms with Crippen LogP contribution in [0.25, 0.3) is 0 Å². The molecule has 0 radical (unpaired) electrons. The van der Waals surface area contributed by atoms with E-state index in [0.29, 0.717) is 24.3 Å². The maximum Gasteiger partial charge on any atom is 0.303 e. The Balaban J connectivity index is 2.69. The van der Waals surface area contributed by atoms with E-state index in [0.717, 1.165) is 6.42 Å². The van der Waals surface area contributed by atoms with Crippen LogP contribution in [0, 0.1) is 0 Å². The van der Waals surface area contributed by atoms with Crippen LogP contribution in [0.4, 0.5) is 0 Å². The van der Waals surface area contributed by atoms with E-state index in [2.05, 4.69) is 0 Å². The lowest BCUT2D eigenvalue weighted by Crippen LogP contribution is -1.99. The second kappa shape index (κ2) is 6.00. The number of phenols is 1. The van der Waals surface area contributed by atoms with E-state index in [9.17, 15) is 9.90 Å². The Bertz CT molecular complexity index is 360. The first-order valence-corrected chi connectivity index (χ1v) is 5.30. The van der Waals surface area contributed by atoms with Crippen molar-refractivity contribution in [2.75, 3.05) is 6.61 Å². The van der Waals surface area contributed by atoms with Crippen molar-refractivity contribution in [3.8, 4) is 11.5 Å². The highest BCUT2D eigenvalue weighted by atomic mass is 16.5. The molecule has 0 amide bonds. The van der Waals surface area contributed by atoms with Crippen LogP contribution in [0.1, 0.15) is 25.3 Å². The lowest BCUT2D eigenvalue weighted by atomic mass is 10.1. The Morgan fingerprint density at radius 2 is 2.19 bits per heavy atom. The maximum atomic E-state index is 10.4. The highest BCUT2D eigenvalue weighted by Crippen LogP contribution is 2.24. The topological polar surface area (TPSA) is 66.8 Å². The molecular weight excluding hydrogens is 208 g/mol. The van der Waals surface area contributed by atoms with Crippen LogP contribution >= 0.6 is 0 Å². The van der Waals surface area contributed by atoms with Crippen molar-refractivity contribution in [1.82, 2.24) is 0 Å². The molecule has 0 spiro atoms. The number of benzene rings is 1. The molecule has 0 aliphatic rings. The summed E-state index contributed by atoms with van der Waals surface area (Å²) in [5.74, 6) is -0.0931. The molecule has 2 N–H and O–H groups in total. The average Bonchev–Trinajstić information content (AvgIpc) is 2.26. The van der Waals surface area contributed by atoms with Gasteiger partial charge in [-0.2, -0.15) is 0 Å². The zero-order valence-electron chi connectivity index (χ0n) is 9.27. The van der Waals surface area contributed by atoms with Gasteiger partial charge < -0.3 is 14.9 Å². The number of phenolic OH excluding ortho intramolecular Hbond substituents is 1. The molecule has 1 aromatic carbocycles. The van der Waals surface area contributed by atoms with Crippen LogP contribution < -0.4 is 4.74 Å². The predicted octanol–water partition coefficient (Wildman–Crippen LogP) is 2.20. The molecule has 0 fully saturated rings. The third-order valence-corrected chi connectivity index (χ3v) is 2.13. The van der Waals surface area contributed by atoms with Gasteiger partial charge in [-0.05, 0) is 36.6 Å². The summed E-state index contributed by atoms with van der Waals surface area (Å²) in [7, 11) is 0. The van der Waals surface area contributed by atoms with Crippen molar-refractivity contribution in [2.24, 2.45) is 0 Å². The molecule has 0 atom stereocenters. The first kappa shape index (κ1) is 12.4. The molecule has 4 heteroatoms. The van der Waals surface area contributed by atoms with E-state index in [1.807, 2.05) is 6.92 Å². The number of carbonyl (C=O) groups is 1. The number of aliphatic carboxylic acids is 1. The summed E-state index contributed by atoms with van der Waals surface area (Å²) < 4.78 is 5.40.